The molecule has 0 fully saturated rings. The van der Waals surface area contributed by atoms with Gasteiger partial charge in [0.15, 0.2) is 11.5 Å². The first-order valence-electron chi connectivity index (χ1n) is 8.56. The Balaban J connectivity index is 1.68. The van der Waals surface area contributed by atoms with Crippen molar-refractivity contribution in [3.63, 3.8) is 0 Å². The average Bonchev–Trinajstić information content (AvgIpc) is 3.06. The standard InChI is InChI=1S/C19H15N7O3/c1-12-17-18(23-22-10-13-3-2-4-16(27)9-13)20-11-21-19(17)25(24-12)14-5-7-15(8-6-14)26(28)29/h2-11,27H,1H3,(H,20,21,23)/b22-10+. The number of nitro benzene ring substituents is 1. The van der Waals surface area contributed by atoms with Gasteiger partial charge >= 0.3 is 0 Å². The van der Waals surface area contributed by atoms with Gasteiger partial charge in [-0.1, -0.05) is 12.1 Å². The number of aryl methyl sites for hydroxylation is 1. The molecule has 29 heavy (non-hydrogen) atoms. The van der Waals surface area contributed by atoms with Gasteiger partial charge in [-0.3, -0.25) is 15.5 Å². The summed E-state index contributed by atoms with van der Waals surface area (Å²) in [7, 11) is 0. The summed E-state index contributed by atoms with van der Waals surface area (Å²) in [6.45, 7) is 1.82. The Morgan fingerprint density at radius 3 is 2.72 bits per heavy atom. The summed E-state index contributed by atoms with van der Waals surface area (Å²) in [5.74, 6) is 0.621. The van der Waals surface area contributed by atoms with Crippen molar-refractivity contribution in [2.75, 3.05) is 5.43 Å². The molecule has 10 nitrogen and oxygen atoms in total. The highest BCUT2D eigenvalue weighted by Gasteiger charge is 2.15. The number of aromatic nitrogens is 4. The van der Waals surface area contributed by atoms with Crippen LogP contribution in [0.4, 0.5) is 11.5 Å². The second-order valence-electron chi connectivity index (χ2n) is 6.16. The minimum Gasteiger partial charge on any atom is -0.508 e. The van der Waals surface area contributed by atoms with Gasteiger partial charge in [-0.2, -0.15) is 10.2 Å². The van der Waals surface area contributed by atoms with E-state index in [4.69, 9.17) is 0 Å². The van der Waals surface area contributed by atoms with Gasteiger partial charge in [0, 0.05) is 12.1 Å². The topological polar surface area (TPSA) is 131 Å². The number of rotatable bonds is 5. The lowest BCUT2D eigenvalue weighted by Gasteiger charge is -2.04. The molecule has 0 atom stereocenters. The molecular weight excluding hydrogens is 374 g/mol. The van der Waals surface area contributed by atoms with Crippen LogP contribution < -0.4 is 5.43 Å². The molecule has 10 heteroatoms. The first kappa shape index (κ1) is 18.0. The van der Waals surface area contributed by atoms with Crippen LogP contribution >= 0.6 is 0 Å². The molecule has 144 valence electrons. The molecular formula is C19H15N7O3. The third kappa shape index (κ3) is 3.58. The monoisotopic (exact) mass is 389 g/mol. The highest BCUT2D eigenvalue weighted by molar-refractivity contribution is 5.90. The van der Waals surface area contributed by atoms with Crippen LogP contribution in [-0.2, 0) is 0 Å². The minimum absolute atomic E-state index is 0.000186. The number of non-ortho nitro benzene ring substituents is 1. The number of phenolic OH excluding ortho intramolecular Hbond substituents is 1. The van der Waals surface area contributed by atoms with Crippen LogP contribution in [0.2, 0.25) is 0 Å². The van der Waals surface area contributed by atoms with Gasteiger partial charge < -0.3 is 5.11 Å². The first-order chi connectivity index (χ1) is 14.0. The fourth-order valence-corrected chi connectivity index (χ4v) is 2.87. The number of hydrogen-bond donors (Lipinski definition) is 2. The average molecular weight is 389 g/mol. The van der Waals surface area contributed by atoms with Gasteiger partial charge in [-0.15, -0.1) is 0 Å². The summed E-state index contributed by atoms with van der Waals surface area (Å²) in [5, 5.41) is 29.7. The second kappa shape index (κ2) is 7.35. The molecule has 4 rings (SSSR count). The van der Waals surface area contributed by atoms with E-state index in [1.165, 1.54) is 18.5 Å². The zero-order valence-electron chi connectivity index (χ0n) is 15.2. The van der Waals surface area contributed by atoms with E-state index in [-0.39, 0.29) is 11.4 Å². The molecule has 0 spiro atoms. The van der Waals surface area contributed by atoms with E-state index in [0.717, 1.165) is 5.56 Å². The van der Waals surface area contributed by atoms with E-state index >= 15 is 0 Å². The van der Waals surface area contributed by atoms with Gasteiger partial charge in [-0.05, 0) is 36.8 Å². The Hall–Kier alpha value is -4.34. The van der Waals surface area contributed by atoms with Crippen molar-refractivity contribution in [1.82, 2.24) is 19.7 Å². The van der Waals surface area contributed by atoms with Gasteiger partial charge in [0.1, 0.15) is 12.1 Å². The molecule has 0 saturated heterocycles. The van der Waals surface area contributed by atoms with Crippen LogP contribution in [0.15, 0.2) is 60.0 Å². The summed E-state index contributed by atoms with van der Waals surface area (Å²) in [4.78, 5) is 18.9. The van der Waals surface area contributed by atoms with Gasteiger partial charge in [0.2, 0.25) is 0 Å². The number of benzene rings is 2. The third-order valence-electron chi connectivity index (χ3n) is 4.20. The molecule has 0 radical (unpaired) electrons. The van der Waals surface area contributed by atoms with E-state index in [9.17, 15) is 15.2 Å². The lowest BCUT2D eigenvalue weighted by molar-refractivity contribution is -0.384. The molecule has 0 amide bonds. The van der Waals surface area contributed by atoms with Crippen molar-refractivity contribution in [2.24, 2.45) is 5.10 Å². The summed E-state index contributed by atoms with van der Waals surface area (Å²) in [5.41, 5.74) is 5.46. The molecule has 0 saturated carbocycles. The van der Waals surface area contributed by atoms with Gasteiger partial charge in [-0.25, -0.2) is 14.6 Å². The van der Waals surface area contributed by atoms with Crippen LogP contribution in [0, 0.1) is 17.0 Å². The number of fused-ring (bicyclic) bond motifs is 1. The van der Waals surface area contributed by atoms with E-state index in [0.29, 0.717) is 28.2 Å². The molecule has 2 heterocycles. The molecule has 0 unspecified atom stereocenters. The normalized spacial score (nSPS) is 11.2. The number of nitro groups is 1. The van der Waals surface area contributed by atoms with E-state index in [1.807, 2.05) is 6.92 Å². The number of phenols is 1. The van der Waals surface area contributed by atoms with Crippen molar-refractivity contribution in [3.8, 4) is 11.4 Å². The van der Waals surface area contributed by atoms with Crippen LogP contribution in [0.3, 0.4) is 0 Å². The van der Waals surface area contributed by atoms with Crippen molar-refractivity contribution in [2.45, 2.75) is 6.92 Å². The highest BCUT2D eigenvalue weighted by Crippen LogP contribution is 2.26. The summed E-state index contributed by atoms with van der Waals surface area (Å²) >= 11 is 0. The van der Waals surface area contributed by atoms with Gasteiger partial charge in [0.25, 0.3) is 5.69 Å². The summed E-state index contributed by atoms with van der Waals surface area (Å²) in [6.07, 6.45) is 2.95. The molecule has 2 aromatic heterocycles. The Bertz CT molecular complexity index is 1230. The summed E-state index contributed by atoms with van der Waals surface area (Å²) in [6, 6.07) is 12.7. The maximum Gasteiger partial charge on any atom is 0.269 e. The quantitative estimate of drug-likeness (QED) is 0.304. The number of anilines is 1. The lowest BCUT2D eigenvalue weighted by Crippen LogP contribution is -2.00. The zero-order chi connectivity index (χ0) is 20.4. The largest absolute Gasteiger partial charge is 0.508 e. The fraction of sp³-hybridized carbons (Fsp3) is 0.0526. The molecule has 0 aliphatic rings. The first-order valence-corrected chi connectivity index (χ1v) is 8.56. The van der Waals surface area contributed by atoms with E-state index in [1.54, 1.807) is 47.3 Å². The number of nitrogens with zero attached hydrogens (tertiary/aromatic N) is 6. The number of aromatic hydroxyl groups is 1. The maximum absolute atomic E-state index is 10.9. The highest BCUT2D eigenvalue weighted by atomic mass is 16.6. The Labute approximate surface area is 164 Å². The SMILES string of the molecule is Cc1nn(-c2ccc([N+](=O)[O-])cc2)c2ncnc(N/N=C/c3cccc(O)c3)c12. The Morgan fingerprint density at radius 1 is 1.21 bits per heavy atom. The molecule has 4 aromatic rings. The third-order valence-corrected chi connectivity index (χ3v) is 4.20. The molecule has 0 aliphatic carbocycles. The maximum atomic E-state index is 10.9. The predicted octanol–water partition coefficient (Wildman–Crippen LogP) is 3.18. The Kier molecular flexibility index (Phi) is 4.57. The fourth-order valence-electron chi connectivity index (χ4n) is 2.87. The molecule has 0 aliphatic heterocycles. The Morgan fingerprint density at radius 2 is 2.00 bits per heavy atom. The van der Waals surface area contributed by atoms with Crippen LogP contribution in [0.1, 0.15) is 11.3 Å². The predicted molar refractivity (Wildman–Crippen MR) is 107 cm³/mol. The van der Waals surface area contributed by atoms with E-state index < -0.39 is 4.92 Å². The minimum atomic E-state index is -0.453. The van der Waals surface area contributed by atoms with Gasteiger partial charge in [0.05, 0.1) is 27.9 Å². The number of hydrogen-bond acceptors (Lipinski definition) is 8. The van der Waals surface area contributed by atoms with Crippen molar-refractivity contribution < 1.29 is 10.0 Å². The molecule has 0 bridgehead atoms. The number of nitrogens with one attached hydrogen (secondary N) is 1. The molecule has 2 aromatic carbocycles. The lowest BCUT2D eigenvalue weighted by atomic mass is 10.2. The van der Waals surface area contributed by atoms with Crippen LogP contribution in [-0.4, -0.2) is 36.0 Å². The van der Waals surface area contributed by atoms with E-state index in [2.05, 4.69) is 25.6 Å². The van der Waals surface area contributed by atoms with Crippen molar-refractivity contribution >= 4 is 28.8 Å². The molecule has 2 N–H and O–H groups in total. The summed E-state index contributed by atoms with van der Waals surface area (Å²) < 4.78 is 1.60. The van der Waals surface area contributed by atoms with Crippen LogP contribution in [0.25, 0.3) is 16.7 Å². The van der Waals surface area contributed by atoms with Crippen molar-refractivity contribution in [1.29, 1.82) is 0 Å². The smallest absolute Gasteiger partial charge is 0.269 e. The second-order valence-corrected chi connectivity index (χ2v) is 6.16. The van der Waals surface area contributed by atoms with Crippen molar-refractivity contribution in [3.05, 3.63) is 76.2 Å². The van der Waals surface area contributed by atoms with Crippen LogP contribution in [0.5, 0.6) is 5.75 Å². The zero-order valence-corrected chi connectivity index (χ0v) is 15.2. The number of hydrazone groups is 1.